The van der Waals surface area contributed by atoms with Gasteiger partial charge in [0.1, 0.15) is 0 Å². The summed E-state index contributed by atoms with van der Waals surface area (Å²) in [5.74, 6) is 0. The molecule has 1 N–H and O–H groups in total. The molecule has 2 aliphatic heterocycles. The lowest BCUT2D eigenvalue weighted by Crippen LogP contribution is -2.48. The summed E-state index contributed by atoms with van der Waals surface area (Å²) in [7, 11) is 6.21. The molecule has 3 unspecified atom stereocenters. The van der Waals surface area contributed by atoms with Gasteiger partial charge in [-0.15, -0.1) is 0 Å². The Balaban J connectivity index is 1.75. The molecule has 0 amide bonds. The summed E-state index contributed by atoms with van der Waals surface area (Å²) in [4.78, 5) is 4.98. The Hall–Kier alpha value is -0.160. The molecule has 17 heavy (non-hydrogen) atoms. The van der Waals surface area contributed by atoms with Crippen LogP contribution >= 0.6 is 0 Å². The van der Waals surface area contributed by atoms with Gasteiger partial charge < -0.3 is 19.9 Å². The number of likely N-dealkylation sites (N-methyl/N-ethyl adjacent to an activating group) is 1. The summed E-state index contributed by atoms with van der Waals surface area (Å²) in [6, 6.07) is 1.37. The van der Waals surface area contributed by atoms with Crippen LogP contribution in [0, 0.1) is 0 Å². The smallest absolute Gasteiger partial charge is 0.0711 e. The molecule has 0 aliphatic carbocycles. The van der Waals surface area contributed by atoms with Crippen molar-refractivity contribution in [2.24, 2.45) is 0 Å². The molecule has 0 radical (unpaired) electrons. The first kappa shape index (κ1) is 13.3. The molecule has 0 bridgehead atoms. The van der Waals surface area contributed by atoms with Crippen LogP contribution in [0.4, 0.5) is 0 Å². The number of likely N-dealkylation sites (tertiary alicyclic amines) is 1. The monoisotopic (exact) mass is 241 g/mol. The first-order chi connectivity index (χ1) is 8.19. The Labute approximate surface area is 105 Å². The average molecular weight is 241 g/mol. The van der Waals surface area contributed by atoms with Crippen LogP contribution in [0.3, 0.4) is 0 Å². The van der Waals surface area contributed by atoms with Crippen LogP contribution in [0.1, 0.15) is 19.3 Å². The first-order valence-corrected chi connectivity index (χ1v) is 6.84. The van der Waals surface area contributed by atoms with E-state index in [1.165, 1.54) is 38.9 Å². The fourth-order valence-corrected chi connectivity index (χ4v) is 3.03. The summed E-state index contributed by atoms with van der Waals surface area (Å²) in [5, 5.41) is 3.57. The third-order valence-electron chi connectivity index (χ3n) is 4.20. The quantitative estimate of drug-likeness (QED) is 0.770. The maximum absolute atomic E-state index is 5.40. The maximum atomic E-state index is 5.40. The highest BCUT2D eigenvalue weighted by atomic mass is 16.5. The summed E-state index contributed by atoms with van der Waals surface area (Å²) >= 11 is 0. The number of piperidine rings is 1. The van der Waals surface area contributed by atoms with Gasteiger partial charge in [-0.05, 0) is 39.9 Å². The van der Waals surface area contributed by atoms with E-state index < -0.39 is 0 Å². The van der Waals surface area contributed by atoms with E-state index in [1.807, 2.05) is 7.11 Å². The molecule has 4 nitrogen and oxygen atoms in total. The Kier molecular flexibility index (Phi) is 4.79. The van der Waals surface area contributed by atoms with E-state index in [1.54, 1.807) is 0 Å². The molecule has 0 spiro atoms. The molecule has 0 aromatic heterocycles. The summed E-state index contributed by atoms with van der Waals surface area (Å²) < 4.78 is 5.40. The molecule has 2 fully saturated rings. The van der Waals surface area contributed by atoms with Gasteiger partial charge in [0, 0.05) is 38.8 Å². The fraction of sp³-hybridized carbons (Fsp3) is 1.00. The molecule has 100 valence electrons. The van der Waals surface area contributed by atoms with Crippen molar-refractivity contribution in [1.82, 2.24) is 15.1 Å². The molecule has 0 aromatic carbocycles. The third kappa shape index (κ3) is 3.65. The van der Waals surface area contributed by atoms with E-state index in [2.05, 4.69) is 29.2 Å². The molecule has 3 atom stereocenters. The molecule has 2 heterocycles. The normalized spacial score (nSPS) is 35.6. The van der Waals surface area contributed by atoms with Crippen molar-refractivity contribution in [2.75, 3.05) is 47.4 Å². The van der Waals surface area contributed by atoms with E-state index >= 15 is 0 Å². The molecule has 2 aliphatic rings. The molecule has 0 saturated carbocycles. The topological polar surface area (TPSA) is 27.7 Å². The third-order valence-corrected chi connectivity index (χ3v) is 4.20. The van der Waals surface area contributed by atoms with Crippen molar-refractivity contribution in [3.05, 3.63) is 0 Å². The molecular formula is C13H27N3O. The highest BCUT2D eigenvalue weighted by Crippen LogP contribution is 2.16. The Morgan fingerprint density at radius 1 is 1.41 bits per heavy atom. The lowest BCUT2D eigenvalue weighted by atomic mass is 10.0. The number of ether oxygens (including phenoxy) is 1. The zero-order valence-corrected chi connectivity index (χ0v) is 11.5. The van der Waals surface area contributed by atoms with Crippen molar-refractivity contribution in [1.29, 1.82) is 0 Å². The Morgan fingerprint density at radius 3 is 2.88 bits per heavy atom. The zero-order chi connectivity index (χ0) is 12.3. The van der Waals surface area contributed by atoms with E-state index in [4.69, 9.17) is 4.74 Å². The lowest BCUT2D eigenvalue weighted by Gasteiger charge is -2.37. The summed E-state index contributed by atoms with van der Waals surface area (Å²) in [6.45, 7) is 4.69. The second-order valence-electron chi connectivity index (χ2n) is 5.72. The van der Waals surface area contributed by atoms with E-state index in [0.29, 0.717) is 12.1 Å². The van der Waals surface area contributed by atoms with E-state index in [-0.39, 0.29) is 0 Å². The van der Waals surface area contributed by atoms with Gasteiger partial charge in [0.25, 0.3) is 0 Å². The molecular weight excluding hydrogens is 214 g/mol. The minimum absolute atomic E-state index is 0.425. The summed E-state index contributed by atoms with van der Waals surface area (Å²) in [6.07, 6.45) is 4.28. The van der Waals surface area contributed by atoms with Gasteiger partial charge in [-0.2, -0.15) is 0 Å². The highest BCUT2D eigenvalue weighted by molar-refractivity contribution is 4.87. The van der Waals surface area contributed by atoms with Crippen molar-refractivity contribution >= 4 is 0 Å². The van der Waals surface area contributed by atoms with Crippen molar-refractivity contribution in [2.45, 2.75) is 37.5 Å². The number of hydrogen-bond donors (Lipinski definition) is 1. The van der Waals surface area contributed by atoms with Gasteiger partial charge in [0.05, 0.1) is 6.10 Å². The number of rotatable bonds is 4. The molecule has 4 heteroatoms. The largest absolute Gasteiger partial charge is 0.380 e. The highest BCUT2D eigenvalue weighted by Gasteiger charge is 2.28. The lowest BCUT2D eigenvalue weighted by molar-refractivity contribution is 0.107. The maximum Gasteiger partial charge on any atom is 0.0711 e. The molecule has 2 saturated heterocycles. The average Bonchev–Trinajstić information content (AvgIpc) is 2.77. The van der Waals surface area contributed by atoms with Crippen LogP contribution < -0.4 is 5.32 Å². The first-order valence-electron chi connectivity index (χ1n) is 6.84. The van der Waals surface area contributed by atoms with Gasteiger partial charge in [0.2, 0.25) is 0 Å². The predicted octanol–water partition coefficient (Wildman–Crippen LogP) is 0.389. The number of nitrogens with zero attached hydrogens (tertiary/aromatic N) is 2. The van der Waals surface area contributed by atoms with Gasteiger partial charge in [-0.1, -0.05) is 0 Å². The van der Waals surface area contributed by atoms with Crippen LogP contribution in [-0.4, -0.2) is 75.4 Å². The van der Waals surface area contributed by atoms with Gasteiger partial charge in [-0.3, -0.25) is 0 Å². The number of methoxy groups -OCH3 is 1. The molecule has 2 rings (SSSR count). The van der Waals surface area contributed by atoms with E-state index in [0.717, 1.165) is 12.6 Å². The van der Waals surface area contributed by atoms with Crippen LogP contribution in [0.15, 0.2) is 0 Å². The van der Waals surface area contributed by atoms with Crippen LogP contribution in [-0.2, 0) is 4.74 Å². The second kappa shape index (κ2) is 6.14. The van der Waals surface area contributed by atoms with E-state index in [9.17, 15) is 0 Å². The van der Waals surface area contributed by atoms with Crippen molar-refractivity contribution < 1.29 is 4.74 Å². The number of hydrogen-bond acceptors (Lipinski definition) is 4. The number of nitrogens with one attached hydrogen (secondary N) is 1. The van der Waals surface area contributed by atoms with Crippen LogP contribution in [0.2, 0.25) is 0 Å². The van der Waals surface area contributed by atoms with Crippen LogP contribution in [0.5, 0.6) is 0 Å². The second-order valence-corrected chi connectivity index (χ2v) is 5.72. The van der Waals surface area contributed by atoms with Gasteiger partial charge in [0.15, 0.2) is 0 Å². The van der Waals surface area contributed by atoms with Crippen molar-refractivity contribution in [3.63, 3.8) is 0 Å². The Bertz CT molecular complexity index is 235. The SMILES string of the molecule is COC1CNC(CN2CCCC(N(C)C)C2)C1. The molecule has 0 aromatic rings. The fourth-order valence-electron chi connectivity index (χ4n) is 3.03. The minimum Gasteiger partial charge on any atom is -0.380 e. The van der Waals surface area contributed by atoms with Crippen LogP contribution in [0.25, 0.3) is 0 Å². The Morgan fingerprint density at radius 2 is 2.24 bits per heavy atom. The van der Waals surface area contributed by atoms with Gasteiger partial charge >= 0.3 is 0 Å². The minimum atomic E-state index is 0.425. The zero-order valence-electron chi connectivity index (χ0n) is 11.5. The van der Waals surface area contributed by atoms with Gasteiger partial charge in [-0.25, -0.2) is 0 Å². The summed E-state index contributed by atoms with van der Waals surface area (Å²) in [5.41, 5.74) is 0. The predicted molar refractivity (Wildman–Crippen MR) is 70.4 cm³/mol. The standard InChI is InChI=1S/C13H27N3O/c1-15(2)12-5-4-6-16(10-12)9-11-7-13(17-3)8-14-11/h11-14H,4-10H2,1-3H3. The van der Waals surface area contributed by atoms with Crippen molar-refractivity contribution in [3.8, 4) is 0 Å².